The van der Waals surface area contributed by atoms with E-state index in [0.29, 0.717) is 5.69 Å². The zero-order chi connectivity index (χ0) is 10.5. The molecule has 0 spiro atoms. The van der Waals surface area contributed by atoms with Gasteiger partial charge in [0.2, 0.25) is 5.78 Å². The van der Waals surface area contributed by atoms with Crippen LogP contribution >= 0.6 is 12.4 Å². The van der Waals surface area contributed by atoms with Crippen LogP contribution in [-0.4, -0.2) is 41.6 Å². The van der Waals surface area contributed by atoms with Gasteiger partial charge in [-0.2, -0.15) is 0 Å². The zero-order valence-corrected chi connectivity index (χ0v) is 9.57. The van der Waals surface area contributed by atoms with Gasteiger partial charge in [-0.25, -0.2) is 4.98 Å². The largest absolute Gasteiger partial charge is 0.369 e. The molecule has 1 aliphatic rings. The Kier molecular flexibility index (Phi) is 5.31. The number of carbonyl (C=O) groups excluding carboxylic acids is 1. The molecule has 0 amide bonds. The lowest BCUT2D eigenvalue weighted by Gasteiger charge is -2.08. The van der Waals surface area contributed by atoms with E-state index >= 15 is 0 Å². The first-order valence-corrected chi connectivity index (χ1v) is 4.98. The molecule has 1 saturated heterocycles. The van der Waals surface area contributed by atoms with Crippen LogP contribution in [0.4, 0.5) is 0 Å². The van der Waals surface area contributed by atoms with E-state index in [-0.39, 0.29) is 30.9 Å². The summed E-state index contributed by atoms with van der Waals surface area (Å²) in [6.07, 6.45) is 5.63. The molecule has 2 heterocycles. The lowest BCUT2D eigenvalue weighted by Crippen LogP contribution is -2.21. The van der Waals surface area contributed by atoms with Crippen molar-refractivity contribution in [3.8, 4) is 0 Å². The van der Waals surface area contributed by atoms with Crippen LogP contribution in [0.5, 0.6) is 0 Å². The number of nitrogens with one attached hydrogen (secondary N) is 1. The van der Waals surface area contributed by atoms with Gasteiger partial charge in [0.1, 0.15) is 12.3 Å². The lowest BCUT2D eigenvalue weighted by molar-refractivity contribution is 0.0525. The Morgan fingerprint density at radius 3 is 3.06 bits per heavy atom. The maximum atomic E-state index is 11.6. The molecular formula is C10H14ClN3O2. The Morgan fingerprint density at radius 1 is 1.56 bits per heavy atom. The van der Waals surface area contributed by atoms with Crippen molar-refractivity contribution in [2.24, 2.45) is 0 Å². The van der Waals surface area contributed by atoms with Gasteiger partial charge in [-0.05, 0) is 13.0 Å². The molecule has 5 nitrogen and oxygen atoms in total. The Balaban J connectivity index is 0.00000128. The van der Waals surface area contributed by atoms with Gasteiger partial charge in [-0.15, -0.1) is 12.4 Å². The Bertz CT molecular complexity index is 328. The maximum absolute atomic E-state index is 11.6. The highest BCUT2D eigenvalue weighted by Crippen LogP contribution is 2.04. The molecule has 1 atom stereocenters. The standard InChI is InChI=1S/C10H13N3O2.ClH/c14-10(9-6-12-3-4-13-9)7-15-8-1-2-11-5-8;/h3-4,6,8,11H,1-2,5,7H2;1H/t8-;/m0./s1. The average Bonchev–Trinajstić information content (AvgIpc) is 2.80. The third-order valence-corrected chi connectivity index (χ3v) is 2.31. The second-order valence-electron chi connectivity index (χ2n) is 3.44. The number of Topliss-reactive ketones (excluding diaryl/α,β-unsaturated/α-hetero) is 1. The predicted molar refractivity (Wildman–Crippen MR) is 60.8 cm³/mol. The normalized spacial score (nSPS) is 19.1. The molecule has 0 radical (unpaired) electrons. The van der Waals surface area contributed by atoms with Crippen molar-refractivity contribution in [1.29, 1.82) is 0 Å². The summed E-state index contributed by atoms with van der Waals surface area (Å²) in [7, 11) is 0. The highest BCUT2D eigenvalue weighted by molar-refractivity contribution is 5.94. The Labute approximate surface area is 100 Å². The van der Waals surface area contributed by atoms with Crippen LogP contribution in [0.2, 0.25) is 0 Å². The monoisotopic (exact) mass is 243 g/mol. The summed E-state index contributed by atoms with van der Waals surface area (Å²) in [6.45, 7) is 1.88. The summed E-state index contributed by atoms with van der Waals surface area (Å²) in [5.74, 6) is -0.116. The van der Waals surface area contributed by atoms with Gasteiger partial charge < -0.3 is 10.1 Å². The highest BCUT2D eigenvalue weighted by atomic mass is 35.5. The van der Waals surface area contributed by atoms with Gasteiger partial charge in [0, 0.05) is 18.9 Å². The minimum Gasteiger partial charge on any atom is -0.369 e. The second-order valence-corrected chi connectivity index (χ2v) is 3.44. The molecule has 1 fully saturated rings. The van der Waals surface area contributed by atoms with E-state index in [1.54, 1.807) is 6.20 Å². The molecule has 0 saturated carbocycles. The molecule has 16 heavy (non-hydrogen) atoms. The van der Waals surface area contributed by atoms with Gasteiger partial charge in [-0.3, -0.25) is 9.78 Å². The van der Waals surface area contributed by atoms with E-state index in [1.165, 1.54) is 12.4 Å². The van der Waals surface area contributed by atoms with Crippen LogP contribution < -0.4 is 5.32 Å². The van der Waals surface area contributed by atoms with Crippen molar-refractivity contribution in [2.75, 3.05) is 19.7 Å². The number of ketones is 1. The number of hydrogen-bond donors (Lipinski definition) is 1. The van der Waals surface area contributed by atoms with E-state index in [9.17, 15) is 4.79 Å². The van der Waals surface area contributed by atoms with Crippen LogP contribution in [0.1, 0.15) is 16.9 Å². The minimum absolute atomic E-state index is 0. The lowest BCUT2D eigenvalue weighted by atomic mass is 10.3. The molecule has 2 rings (SSSR count). The number of ether oxygens (including phenoxy) is 1. The number of rotatable bonds is 4. The number of carbonyl (C=O) groups is 1. The fraction of sp³-hybridized carbons (Fsp3) is 0.500. The molecule has 1 aromatic rings. The fourth-order valence-electron chi connectivity index (χ4n) is 1.48. The first-order valence-electron chi connectivity index (χ1n) is 4.98. The summed E-state index contributed by atoms with van der Waals surface area (Å²) < 4.78 is 5.44. The second kappa shape index (κ2) is 6.52. The molecule has 0 unspecified atom stereocenters. The summed E-state index contributed by atoms with van der Waals surface area (Å²) in [6, 6.07) is 0. The fourth-order valence-corrected chi connectivity index (χ4v) is 1.48. The smallest absolute Gasteiger partial charge is 0.208 e. The molecule has 0 aliphatic carbocycles. The summed E-state index contributed by atoms with van der Waals surface area (Å²) in [5, 5.41) is 3.17. The van der Waals surface area contributed by atoms with Crippen molar-refractivity contribution in [1.82, 2.24) is 15.3 Å². The van der Waals surface area contributed by atoms with Gasteiger partial charge in [-0.1, -0.05) is 0 Å². The predicted octanol–water partition coefficient (Wildman–Crippen LogP) is 0.460. The molecule has 1 aromatic heterocycles. The molecule has 1 aliphatic heterocycles. The van der Waals surface area contributed by atoms with Crippen LogP contribution in [0.25, 0.3) is 0 Å². The molecule has 6 heteroatoms. The third-order valence-electron chi connectivity index (χ3n) is 2.31. The van der Waals surface area contributed by atoms with E-state index < -0.39 is 0 Å². The number of hydrogen-bond acceptors (Lipinski definition) is 5. The van der Waals surface area contributed by atoms with Gasteiger partial charge >= 0.3 is 0 Å². The quantitative estimate of drug-likeness (QED) is 0.779. The number of halogens is 1. The van der Waals surface area contributed by atoms with Crippen molar-refractivity contribution < 1.29 is 9.53 Å². The van der Waals surface area contributed by atoms with E-state index in [4.69, 9.17) is 4.74 Å². The van der Waals surface area contributed by atoms with Crippen LogP contribution in [0, 0.1) is 0 Å². The number of aromatic nitrogens is 2. The van der Waals surface area contributed by atoms with Gasteiger partial charge in [0.15, 0.2) is 0 Å². The van der Waals surface area contributed by atoms with Crippen LogP contribution in [0.3, 0.4) is 0 Å². The maximum Gasteiger partial charge on any atom is 0.208 e. The van der Waals surface area contributed by atoms with Crippen LogP contribution in [-0.2, 0) is 4.74 Å². The minimum atomic E-state index is -0.116. The topological polar surface area (TPSA) is 64.1 Å². The van der Waals surface area contributed by atoms with Gasteiger partial charge in [0.05, 0.1) is 12.3 Å². The summed E-state index contributed by atoms with van der Waals surface area (Å²) in [4.78, 5) is 19.3. The number of nitrogens with zero attached hydrogens (tertiary/aromatic N) is 2. The van der Waals surface area contributed by atoms with E-state index in [1.807, 2.05) is 0 Å². The SMILES string of the molecule is Cl.O=C(CO[C@H]1CCNC1)c1cnccn1. The van der Waals surface area contributed by atoms with E-state index in [0.717, 1.165) is 19.5 Å². The van der Waals surface area contributed by atoms with Crippen molar-refractivity contribution >= 4 is 18.2 Å². The van der Waals surface area contributed by atoms with Crippen molar-refractivity contribution in [3.63, 3.8) is 0 Å². The zero-order valence-electron chi connectivity index (χ0n) is 8.76. The Hall–Kier alpha value is -1.04. The highest BCUT2D eigenvalue weighted by Gasteiger charge is 2.17. The molecule has 88 valence electrons. The van der Waals surface area contributed by atoms with Gasteiger partial charge in [0.25, 0.3) is 0 Å². The van der Waals surface area contributed by atoms with Crippen LogP contribution in [0.15, 0.2) is 18.6 Å². The van der Waals surface area contributed by atoms with Crippen molar-refractivity contribution in [3.05, 3.63) is 24.3 Å². The first-order chi connectivity index (χ1) is 7.36. The van der Waals surface area contributed by atoms with Crippen molar-refractivity contribution in [2.45, 2.75) is 12.5 Å². The molecule has 1 N–H and O–H groups in total. The first kappa shape index (κ1) is 13.0. The molecule has 0 bridgehead atoms. The Morgan fingerprint density at radius 2 is 2.44 bits per heavy atom. The van der Waals surface area contributed by atoms with E-state index in [2.05, 4.69) is 15.3 Å². The summed E-state index contributed by atoms with van der Waals surface area (Å²) in [5.41, 5.74) is 0.364. The molecular weight excluding hydrogens is 230 g/mol. The third kappa shape index (κ3) is 3.52. The molecule has 0 aromatic carbocycles. The average molecular weight is 244 g/mol. The summed E-state index contributed by atoms with van der Waals surface area (Å²) >= 11 is 0.